The Morgan fingerprint density at radius 2 is 1.38 bits per heavy atom. The normalized spacial score (nSPS) is 19.8. The molecule has 3 aromatic rings. The number of carbonyl (C=O) groups is 1. The van der Waals surface area contributed by atoms with E-state index in [4.69, 9.17) is 4.74 Å². The first kappa shape index (κ1) is 22.3. The van der Waals surface area contributed by atoms with E-state index >= 15 is 0 Å². The molecule has 2 N–H and O–H groups in total. The van der Waals surface area contributed by atoms with Crippen LogP contribution >= 0.6 is 0 Å². The number of hydrogen-bond donors (Lipinski definition) is 2. The Bertz CT molecular complexity index is 943. The summed E-state index contributed by atoms with van der Waals surface area (Å²) < 4.78 is 5.44. The van der Waals surface area contributed by atoms with Gasteiger partial charge >= 0.3 is 5.97 Å². The summed E-state index contributed by atoms with van der Waals surface area (Å²) in [5.74, 6) is -0.108. The van der Waals surface area contributed by atoms with Gasteiger partial charge in [-0.3, -0.25) is 0 Å². The van der Waals surface area contributed by atoms with E-state index in [9.17, 15) is 9.90 Å². The van der Waals surface area contributed by atoms with Crippen molar-refractivity contribution < 1.29 is 19.5 Å². The van der Waals surface area contributed by atoms with Crippen LogP contribution in [0.25, 0.3) is 0 Å². The van der Waals surface area contributed by atoms with E-state index in [0.717, 1.165) is 42.6 Å². The van der Waals surface area contributed by atoms with Gasteiger partial charge in [-0.2, -0.15) is 0 Å². The van der Waals surface area contributed by atoms with Crippen LogP contribution in [0.2, 0.25) is 0 Å². The van der Waals surface area contributed by atoms with E-state index in [1.165, 1.54) is 4.90 Å². The summed E-state index contributed by atoms with van der Waals surface area (Å²) in [4.78, 5) is 14.1. The number of nitrogens with one attached hydrogen (secondary N) is 1. The van der Waals surface area contributed by atoms with Gasteiger partial charge in [0.1, 0.15) is 5.60 Å². The van der Waals surface area contributed by atoms with Crippen molar-refractivity contribution in [1.82, 2.24) is 0 Å². The molecule has 3 aromatic carbocycles. The molecule has 0 amide bonds. The molecule has 1 heterocycles. The fourth-order valence-electron chi connectivity index (χ4n) is 5.13. The largest absolute Gasteiger partial charge is 0.461 e. The molecule has 1 aliphatic rings. The Morgan fingerprint density at radius 3 is 1.84 bits per heavy atom. The highest BCUT2D eigenvalue weighted by molar-refractivity contribution is 5.76. The van der Waals surface area contributed by atoms with Crippen molar-refractivity contribution in [2.24, 2.45) is 5.92 Å². The van der Waals surface area contributed by atoms with Gasteiger partial charge in [-0.15, -0.1) is 0 Å². The van der Waals surface area contributed by atoms with E-state index in [1.807, 2.05) is 97.9 Å². The van der Waals surface area contributed by atoms with Crippen molar-refractivity contribution in [2.45, 2.75) is 31.4 Å². The molecule has 4 heteroatoms. The smallest absolute Gasteiger partial charge is 0.369 e. The number of benzene rings is 3. The lowest BCUT2D eigenvalue weighted by Crippen LogP contribution is -3.14. The van der Waals surface area contributed by atoms with Crippen molar-refractivity contribution in [1.29, 1.82) is 0 Å². The molecule has 4 nitrogen and oxygen atoms in total. The first-order valence-electron chi connectivity index (χ1n) is 11.5. The molecular formula is C28H32NO3+. The third kappa shape index (κ3) is 4.47. The average molecular weight is 431 g/mol. The Balaban J connectivity index is 1.60. The zero-order chi connectivity index (χ0) is 22.4. The summed E-state index contributed by atoms with van der Waals surface area (Å²) in [6.07, 6.45) is 1.64. The molecule has 0 spiro atoms. The molecule has 0 radical (unpaired) electrons. The fourth-order valence-corrected chi connectivity index (χ4v) is 5.13. The summed E-state index contributed by atoms with van der Waals surface area (Å²) in [7, 11) is 0. The number of likely N-dealkylation sites (tertiary alicyclic amines) is 1. The van der Waals surface area contributed by atoms with E-state index in [2.05, 4.69) is 0 Å². The second kappa shape index (κ2) is 10.1. The highest BCUT2D eigenvalue weighted by Crippen LogP contribution is 2.40. The van der Waals surface area contributed by atoms with E-state index in [-0.39, 0.29) is 17.9 Å². The SMILES string of the molecule is CCOC(=O)[C@H](c1ccccc1)[NH+]1CCC(C(O)(c2ccccc2)c2ccccc2)CC1. The van der Waals surface area contributed by atoms with Crippen LogP contribution in [-0.2, 0) is 15.1 Å². The monoisotopic (exact) mass is 430 g/mol. The maximum absolute atomic E-state index is 12.9. The van der Waals surface area contributed by atoms with Crippen molar-refractivity contribution in [3.63, 3.8) is 0 Å². The van der Waals surface area contributed by atoms with Crippen LogP contribution in [0, 0.1) is 5.92 Å². The fraction of sp³-hybridized carbons (Fsp3) is 0.321. The zero-order valence-corrected chi connectivity index (χ0v) is 18.6. The quantitative estimate of drug-likeness (QED) is 0.564. The van der Waals surface area contributed by atoms with Gasteiger partial charge in [0, 0.05) is 24.3 Å². The van der Waals surface area contributed by atoms with E-state index in [1.54, 1.807) is 0 Å². The summed E-state index contributed by atoms with van der Waals surface area (Å²) in [6.45, 7) is 3.82. The van der Waals surface area contributed by atoms with Crippen LogP contribution in [-0.4, -0.2) is 30.8 Å². The lowest BCUT2D eigenvalue weighted by molar-refractivity contribution is -0.929. The van der Waals surface area contributed by atoms with Crippen LogP contribution in [0.5, 0.6) is 0 Å². The summed E-state index contributed by atoms with van der Waals surface area (Å²) in [6, 6.07) is 29.5. The van der Waals surface area contributed by atoms with Crippen LogP contribution in [0.15, 0.2) is 91.0 Å². The molecule has 0 aliphatic carbocycles. The molecule has 1 aliphatic heterocycles. The third-order valence-corrected chi connectivity index (χ3v) is 6.71. The molecule has 0 bridgehead atoms. The minimum atomic E-state index is -1.06. The molecule has 1 saturated heterocycles. The standard InChI is InChI=1S/C28H31NO3/c1-2-32-27(30)26(22-12-6-3-7-13-22)29-20-18-25(19-21-29)28(31,23-14-8-4-9-15-23)24-16-10-5-11-17-24/h3-17,25-26,31H,2,18-21H2,1H3/p+1/t26-/m0/s1. The second-order valence-electron chi connectivity index (χ2n) is 8.53. The van der Waals surface area contributed by atoms with Gasteiger partial charge in [0.05, 0.1) is 19.7 Å². The number of quaternary nitrogens is 1. The van der Waals surface area contributed by atoms with Gasteiger partial charge in [0.2, 0.25) is 6.04 Å². The summed E-state index contributed by atoms with van der Waals surface area (Å²) >= 11 is 0. The number of esters is 1. The number of hydrogen-bond acceptors (Lipinski definition) is 3. The highest BCUT2D eigenvalue weighted by atomic mass is 16.5. The van der Waals surface area contributed by atoms with Crippen molar-refractivity contribution in [3.05, 3.63) is 108 Å². The second-order valence-corrected chi connectivity index (χ2v) is 8.53. The van der Waals surface area contributed by atoms with Gasteiger partial charge in [-0.05, 0) is 18.1 Å². The Kier molecular flexibility index (Phi) is 7.03. The van der Waals surface area contributed by atoms with Gasteiger partial charge in [-0.25, -0.2) is 4.79 Å². The number of piperidine rings is 1. The van der Waals surface area contributed by atoms with E-state index < -0.39 is 5.60 Å². The predicted molar refractivity (Wildman–Crippen MR) is 125 cm³/mol. The predicted octanol–water partition coefficient (Wildman–Crippen LogP) is 3.52. The molecule has 1 atom stereocenters. The number of rotatable bonds is 7. The minimum Gasteiger partial charge on any atom is -0.461 e. The van der Waals surface area contributed by atoms with Gasteiger partial charge < -0.3 is 14.7 Å². The lowest BCUT2D eigenvalue weighted by atomic mass is 9.72. The van der Waals surface area contributed by atoms with Crippen molar-refractivity contribution >= 4 is 5.97 Å². The van der Waals surface area contributed by atoms with Crippen molar-refractivity contribution in [3.8, 4) is 0 Å². The van der Waals surface area contributed by atoms with Crippen molar-refractivity contribution in [2.75, 3.05) is 19.7 Å². The first-order valence-corrected chi connectivity index (χ1v) is 11.5. The van der Waals surface area contributed by atoms with Gasteiger partial charge in [0.25, 0.3) is 0 Å². The molecule has 1 fully saturated rings. The number of aliphatic hydroxyl groups is 1. The maximum Gasteiger partial charge on any atom is 0.369 e. The first-order chi connectivity index (χ1) is 15.6. The molecule has 166 valence electrons. The molecule has 0 aromatic heterocycles. The maximum atomic E-state index is 12.9. The lowest BCUT2D eigenvalue weighted by Gasteiger charge is -2.42. The van der Waals surface area contributed by atoms with Gasteiger partial charge in [0.15, 0.2) is 0 Å². The molecule has 0 unspecified atom stereocenters. The summed E-state index contributed by atoms with van der Waals surface area (Å²) in [5.41, 5.74) is 1.77. The molecular weight excluding hydrogens is 398 g/mol. The Hall–Kier alpha value is -2.95. The van der Waals surface area contributed by atoms with Crippen LogP contribution < -0.4 is 4.90 Å². The molecule has 4 rings (SSSR count). The van der Waals surface area contributed by atoms with Crippen LogP contribution in [0.4, 0.5) is 0 Å². The topological polar surface area (TPSA) is 51.0 Å². The molecule has 32 heavy (non-hydrogen) atoms. The zero-order valence-electron chi connectivity index (χ0n) is 18.6. The average Bonchev–Trinajstić information content (AvgIpc) is 2.86. The Morgan fingerprint density at radius 1 is 0.906 bits per heavy atom. The molecule has 0 saturated carbocycles. The number of carbonyl (C=O) groups excluding carboxylic acids is 1. The van der Waals surface area contributed by atoms with Crippen LogP contribution in [0.1, 0.15) is 42.5 Å². The Labute approximate surface area is 190 Å². The van der Waals surface area contributed by atoms with Crippen LogP contribution in [0.3, 0.4) is 0 Å². The highest BCUT2D eigenvalue weighted by Gasteiger charge is 2.45. The summed E-state index contributed by atoms with van der Waals surface area (Å²) in [5, 5.41) is 12.1. The number of ether oxygens (including phenoxy) is 1. The van der Waals surface area contributed by atoms with E-state index in [0.29, 0.717) is 6.61 Å². The minimum absolute atomic E-state index is 0.0645. The van der Waals surface area contributed by atoms with Gasteiger partial charge in [-0.1, -0.05) is 91.0 Å². The third-order valence-electron chi connectivity index (χ3n) is 6.71.